The zero-order chi connectivity index (χ0) is 19.0. The van der Waals surface area contributed by atoms with Crippen molar-refractivity contribution in [2.45, 2.75) is 31.8 Å². The minimum absolute atomic E-state index is 0.00563. The molecule has 10 heteroatoms. The molecule has 1 saturated heterocycles. The van der Waals surface area contributed by atoms with E-state index in [9.17, 15) is 19.3 Å². The highest BCUT2D eigenvalue weighted by atomic mass is 19.1. The summed E-state index contributed by atoms with van der Waals surface area (Å²) < 4.78 is 15.8. The molecule has 27 heavy (non-hydrogen) atoms. The molecule has 3 heterocycles. The van der Waals surface area contributed by atoms with Crippen molar-refractivity contribution >= 4 is 11.6 Å². The van der Waals surface area contributed by atoms with Crippen molar-refractivity contribution in [3.63, 3.8) is 0 Å². The van der Waals surface area contributed by atoms with E-state index in [1.165, 1.54) is 0 Å². The summed E-state index contributed by atoms with van der Waals surface area (Å²) in [5.74, 6) is 0.937. The SMILES string of the molecule is O=C(c1cc(F)cc([N+](=O)[O-])c1)N1CCC(c2nnc3n2CCNC3)CC1. The number of rotatable bonds is 3. The van der Waals surface area contributed by atoms with Crippen LogP contribution in [0.5, 0.6) is 0 Å². The van der Waals surface area contributed by atoms with Crippen molar-refractivity contribution in [1.29, 1.82) is 0 Å². The topological polar surface area (TPSA) is 106 Å². The number of halogens is 1. The molecular weight excluding hydrogens is 355 g/mol. The first-order valence-electron chi connectivity index (χ1n) is 8.90. The van der Waals surface area contributed by atoms with Gasteiger partial charge in [-0.3, -0.25) is 14.9 Å². The fraction of sp³-hybridized carbons (Fsp3) is 0.471. The van der Waals surface area contributed by atoms with Crippen LogP contribution in [0.4, 0.5) is 10.1 Å². The number of nitro groups is 1. The molecule has 0 bridgehead atoms. The third kappa shape index (κ3) is 3.39. The van der Waals surface area contributed by atoms with Crippen LogP contribution < -0.4 is 5.32 Å². The van der Waals surface area contributed by atoms with E-state index in [4.69, 9.17) is 0 Å². The van der Waals surface area contributed by atoms with Crippen LogP contribution in [0, 0.1) is 15.9 Å². The lowest BCUT2D eigenvalue weighted by Crippen LogP contribution is -2.39. The number of hydrogen-bond donors (Lipinski definition) is 1. The van der Waals surface area contributed by atoms with E-state index in [0.717, 1.165) is 55.8 Å². The summed E-state index contributed by atoms with van der Waals surface area (Å²) in [7, 11) is 0. The van der Waals surface area contributed by atoms with Crippen molar-refractivity contribution in [2.75, 3.05) is 19.6 Å². The van der Waals surface area contributed by atoms with Gasteiger partial charge in [-0.2, -0.15) is 0 Å². The number of nitro benzene ring substituents is 1. The molecule has 0 aliphatic carbocycles. The monoisotopic (exact) mass is 374 g/mol. The molecule has 2 aliphatic rings. The standard InChI is InChI=1S/C17H19FN6O3/c18-13-7-12(8-14(9-13)24(26)27)17(25)22-4-1-11(2-5-22)16-21-20-15-10-19-3-6-23(15)16/h7-9,11,19H,1-6,10H2. The summed E-state index contributed by atoms with van der Waals surface area (Å²) >= 11 is 0. The Kier molecular flexibility index (Phi) is 4.56. The summed E-state index contributed by atoms with van der Waals surface area (Å²) in [5, 5.41) is 22.7. The van der Waals surface area contributed by atoms with Crippen molar-refractivity contribution in [3.05, 3.63) is 51.3 Å². The number of amides is 1. The normalized spacial score (nSPS) is 17.6. The lowest BCUT2D eigenvalue weighted by Gasteiger charge is -2.32. The number of hydrogen-bond acceptors (Lipinski definition) is 6. The van der Waals surface area contributed by atoms with Gasteiger partial charge in [0.15, 0.2) is 0 Å². The average Bonchev–Trinajstić information content (AvgIpc) is 3.11. The number of carbonyl (C=O) groups excluding carboxylic acids is 1. The van der Waals surface area contributed by atoms with Gasteiger partial charge in [-0.05, 0) is 18.9 Å². The largest absolute Gasteiger partial charge is 0.339 e. The molecule has 1 aromatic heterocycles. The van der Waals surface area contributed by atoms with E-state index in [1.54, 1.807) is 4.90 Å². The molecule has 1 N–H and O–H groups in total. The van der Waals surface area contributed by atoms with Gasteiger partial charge in [0.2, 0.25) is 0 Å². The Labute approximate surface area is 154 Å². The van der Waals surface area contributed by atoms with Crippen molar-refractivity contribution in [3.8, 4) is 0 Å². The number of piperidine rings is 1. The van der Waals surface area contributed by atoms with Gasteiger partial charge in [0.05, 0.1) is 17.5 Å². The fourth-order valence-electron chi connectivity index (χ4n) is 3.74. The van der Waals surface area contributed by atoms with Crippen molar-refractivity contribution in [2.24, 2.45) is 0 Å². The molecule has 142 valence electrons. The van der Waals surface area contributed by atoms with Gasteiger partial charge in [0.1, 0.15) is 17.5 Å². The maximum absolute atomic E-state index is 13.6. The molecular formula is C17H19FN6O3. The molecule has 0 unspecified atom stereocenters. The van der Waals surface area contributed by atoms with Gasteiger partial charge in [-0.25, -0.2) is 4.39 Å². The Balaban J connectivity index is 1.46. The first-order chi connectivity index (χ1) is 13.0. The zero-order valence-electron chi connectivity index (χ0n) is 14.6. The first kappa shape index (κ1) is 17.5. The highest BCUT2D eigenvalue weighted by Gasteiger charge is 2.29. The second-order valence-corrected chi connectivity index (χ2v) is 6.82. The number of aromatic nitrogens is 3. The number of nitrogens with zero attached hydrogens (tertiary/aromatic N) is 5. The van der Waals surface area contributed by atoms with E-state index < -0.39 is 16.4 Å². The van der Waals surface area contributed by atoms with Crippen LogP contribution in [0.15, 0.2) is 18.2 Å². The van der Waals surface area contributed by atoms with Gasteiger partial charge < -0.3 is 14.8 Å². The lowest BCUT2D eigenvalue weighted by atomic mass is 9.95. The van der Waals surface area contributed by atoms with Crippen LogP contribution in [0.3, 0.4) is 0 Å². The number of benzene rings is 1. The van der Waals surface area contributed by atoms with Gasteiger partial charge in [0, 0.05) is 43.7 Å². The van der Waals surface area contributed by atoms with Crippen LogP contribution in [0.1, 0.15) is 40.8 Å². The highest BCUT2D eigenvalue weighted by molar-refractivity contribution is 5.95. The highest BCUT2D eigenvalue weighted by Crippen LogP contribution is 2.29. The maximum atomic E-state index is 13.6. The third-order valence-corrected chi connectivity index (χ3v) is 5.14. The number of likely N-dealkylation sites (tertiary alicyclic amines) is 1. The Bertz CT molecular complexity index is 891. The minimum atomic E-state index is -0.786. The Morgan fingerprint density at radius 1 is 1.22 bits per heavy atom. The summed E-state index contributed by atoms with van der Waals surface area (Å²) in [6.07, 6.45) is 1.46. The van der Waals surface area contributed by atoms with Crippen LogP contribution in [-0.4, -0.2) is 50.1 Å². The molecule has 4 rings (SSSR count). The van der Waals surface area contributed by atoms with E-state index in [2.05, 4.69) is 20.1 Å². The lowest BCUT2D eigenvalue weighted by molar-refractivity contribution is -0.385. The zero-order valence-corrected chi connectivity index (χ0v) is 14.6. The Morgan fingerprint density at radius 2 is 2.00 bits per heavy atom. The molecule has 0 spiro atoms. The van der Waals surface area contributed by atoms with Crippen molar-refractivity contribution < 1.29 is 14.1 Å². The second kappa shape index (κ2) is 7.03. The molecule has 2 aromatic rings. The Hall–Kier alpha value is -2.88. The van der Waals surface area contributed by atoms with Gasteiger partial charge in [-0.15, -0.1) is 10.2 Å². The molecule has 1 aromatic carbocycles. The van der Waals surface area contributed by atoms with Crippen LogP contribution >= 0.6 is 0 Å². The average molecular weight is 374 g/mol. The van der Waals surface area contributed by atoms with Crippen molar-refractivity contribution in [1.82, 2.24) is 25.0 Å². The number of fused-ring (bicyclic) bond motifs is 1. The van der Waals surface area contributed by atoms with Gasteiger partial charge >= 0.3 is 0 Å². The molecule has 0 radical (unpaired) electrons. The first-order valence-corrected chi connectivity index (χ1v) is 8.90. The summed E-state index contributed by atoms with van der Waals surface area (Å²) in [4.78, 5) is 24.5. The fourth-order valence-corrected chi connectivity index (χ4v) is 3.74. The molecule has 0 saturated carbocycles. The molecule has 1 fully saturated rings. The van der Waals surface area contributed by atoms with Crippen LogP contribution in [0.25, 0.3) is 0 Å². The minimum Gasteiger partial charge on any atom is -0.339 e. The maximum Gasteiger partial charge on any atom is 0.273 e. The van der Waals surface area contributed by atoms with Crippen LogP contribution in [0.2, 0.25) is 0 Å². The van der Waals surface area contributed by atoms with E-state index in [-0.39, 0.29) is 17.4 Å². The smallest absolute Gasteiger partial charge is 0.273 e. The molecule has 2 aliphatic heterocycles. The number of non-ortho nitro benzene ring substituents is 1. The molecule has 9 nitrogen and oxygen atoms in total. The van der Waals surface area contributed by atoms with Crippen LogP contribution in [-0.2, 0) is 13.1 Å². The van der Waals surface area contributed by atoms with E-state index in [0.29, 0.717) is 19.6 Å². The number of carbonyl (C=O) groups is 1. The van der Waals surface area contributed by atoms with E-state index in [1.807, 2.05) is 0 Å². The summed E-state index contributed by atoms with van der Waals surface area (Å²) in [6.45, 7) is 3.42. The number of nitrogens with one attached hydrogen (secondary N) is 1. The molecule has 0 atom stereocenters. The summed E-state index contributed by atoms with van der Waals surface area (Å²) in [5.41, 5.74) is -0.414. The predicted molar refractivity (Wildman–Crippen MR) is 92.7 cm³/mol. The second-order valence-electron chi connectivity index (χ2n) is 6.82. The van der Waals surface area contributed by atoms with E-state index >= 15 is 0 Å². The third-order valence-electron chi connectivity index (χ3n) is 5.14. The quantitative estimate of drug-likeness (QED) is 0.644. The Morgan fingerprint density at radius 3 is 2.74 bits per heavy atom. The summed E-state index contributed by atoms with van der Waals surface area (Å²) in [6, 6.07) is 2.98. The van der Waals surface area contributed by atoms with Gasteiger partial charge in [0.25, 0.3) is 11.6 Å². The van der Waals surface area contributed by atoms with Gasteiger partial charge in [-0.1, -0.05) is 0 Å². The predicted octanol–water partition coefficient (Wildman–Crippen LogP) is 1.45. The molecule has 1 amide bonds.